The molecule has 0 spiro atoms. The second-order valence-corrected chi connectivity index (χ2v) is 6.20. The maximum atomic E-state index is 12.4. The summed E-state index contributed by atoms with van der Waals surface area (Å²) in [6, 6.07) is 14.9. The number of benzene rings is 2. The highest BCUT2D eigenvalue weighted by atomic mass is 16.5. The van der Waals surface area contributed by atoms with Crippen LogP contribution in [0.2, 0.25) is 0 Å². The van der Waals surface area contributed by atoms with Crippen LogP contribution in [0.4, 0.5) is 0 Å². The fourth-order valence-corrected chi connectivity index (χ4v) is 2.88. The van der Waals surface area contributed by atoms with Crippen molar-refractivity contribution in [3.8, 4) is 11.5 Å². The van der Waals surface area contributed by atoms with Crippen molar-refractivity contribution in [3.05, 3.63) is 77.5 Å². The molecule has 1 amide bonds. The summed E-state index contributed by atoms with van der Waals surface area (Å²) < 4.78 is 16.1. The lowest BCUT2D eigenvalue weighted by atomic mass is 10.1. The largest absolute Gasteiger partial charge is 0.493 e. The van der Waals surface area contributed by atoms with Crippen molar-refractivity contribution in [1.29, 1.82) is 0 Å². The summed E-state index contributed by atoms with van der Waals surface area (Å²) in [6.45, 7) is 0.261. The van der Waals surface area contributed by atoms with Crippen molar-refractivity contribution in [2.75, 3.05) is 14.2 Å². The number of carbonyl (C=O) groups is 1. The predicted molar refractivity (Wildman–Crippen MR) is 104 cm³/mol. The van der Waals surface area contributed by atoms with E-state index in [0.717, 1.165) is 11.1 Å². The highest BCUT2D eigenvalue weighted by Gasteiger charge is 2.18. The van der Waals surface area contributed by atoms with Gasteiger partial charge in [-0.2, -0.15) is 0 Å². The molecule has 1 heterocycles. The van der Waals surface area contributed by atoms with E-state index in [2.05, 4.69) is 10.3 Å². The molecule has 7 heteroatoms. The number of oxazole rings is 1. The van der Waals surface area contributed by atoms with Crippen LogP contribution < -0.4 is 20.5 Å². The summed E-state index contributed by atoms with van der Waals surface area (Å²) in [6.07, 6.45) is 1.89. The van der Waals surface area contributed by atoms with E-state index >= 15 is 0 Å². The summed E-state index contributed by atoms with van der Waals surface area (Å²) in [7, 11) is 3.12. The van der Waals surface area contributed by atoms with Gasteiger partial charge in [-0.05, 0) is 18.1 Å². The molecule has 0 fully saturated rings. The van der Waals surface area contributed by atoms with Gasteiger partial charge >= 0.3 is 0 Å². The van der Waals surface area contributed by atoms with Gasteiger partial charge in [-0.1, -0.05) is 42.5 Å². The Morgan fingerprint density at radius 3 is 2.64 bits per heavy atom. The molecule has 1 aromatic heterocycles. The van der Waals surface area contributed by atoms with Gasteiger partial charge in [0.25, 0.3) is 5.91 Å². The minimum absolute atomic E-state index is 0.181. The lowest BCUT2D eigenvalue weighted by molar-refractivity contribution is 0.0945. The molecule has 28 heavy (non-hydrogen) atoms. The van der Waals surface area contributed by atoms with Gasteiger partial charge in [0.1, 0.15) is 6.26 Å². The van der Waals surface area contributed by atoms with Crippen LogP contribution in [0.5, 0.6) is 11.5 Å². The average Bonchev–Trinajstić information content (AvgIpc) is 3.23. The number of nitrogens with one attached hydrogen (secondary N) is 1. The van der Waals surface area contributed by atoms with Gasteiger partial charge < -0.3 is 24.9 Å². The summed E-state index contributed by atoms with van der Waals surface area (Å²) in [5.41, 5.74) is 8.20. The van der Waals surface area contributed by atoms with E-state index in [0.29, 0.717) is 23.8 Å². The van der Waals surface area contributed by atoms with Gasteiger partial charge in [0.15, 0.2) is 17.2 Å². The molecule has 0 saturated heterocycles. The maximum Gasteiger partial charge on any atom is 0.273 e. The number of nitrogens with two attached hydrogens (primary N) is 1. The van der Waals surface area contributed by atoms with Gasteiger partial charge in [0, 0.05) is 12.1 Å². The fraction of sp³-hybridized carbons (Fsp3) is 0.238. The Morgan fingerprint density at radius 1 is 1.14 bits per heavy atom. The Bertz CT molecular complexity index is 924. The molecule has 1 unspecified atom stereocenters. The Balaban J connectivity index is 1.63. The van der Waals surface area contributed by atoms with Crippen LogP contribution in [0.15, 0.2) is 59.2 Å². The predicted octanol–water partition coefficient (Wildman–Crippen LogP) is 2.86. The van der Waals surface area contributed by atoms with E-state index in [1.807, 2.05) is 42.5 Å². The molecule has 146 valence electrons. The van der Waals surface area contributed by atoms with Gasteiger partial charge in [-0.25, -0.2) is 4.98 Å². The first-order valence-electron chi connectivity index (χ1n) is 8.85. The number of amides is 1. The topological polar surface area (TPSA) is 99.6 Å². The molecule has 1 atom stereocenters. The van der Waals surface area contributed by atoms with Crippen molar-refractivity contribution in [3.63, 3.8) is 0 Å². The molecule has 2 aromatic carbocycles. The highest BCUT2D eigenvalue weighted by Crippen LogP contribution is 2.30. The van der Waals surface area contributed by atoms with E-state index in [-0.39, 0.29) is 18.1 Å². The van der Waals surface area contributed by atoms with Crippen LogP contribution in [0.25, 0.3) is 0 Å². The third kappa shape index (κ3) is 4.50. The van der Waals surface area contributed by atoms with Crippen molar-refractivity contribution >= 4 is 5.91 Å². The Morgan fingerprint density at radius 2 is 1.93 bits per heavy atom. The Hall–Kier alpha value is -3.32. The number of hydrogen-bond donors (Lipinski definition) is 2. The van der Waals surface area contributed by atoms with Crippen molar-refractivity contribution in [1.82, 2.24) is 10.3 Å². The fourth-order valence-electron chi connectivity index (χ4n) is 2.88. The van der Waals surface area contributed by atoms with E-state index in [4.69, 9.17) is 19.6 Å². The van der Waals surface area contributed by atoms with Crippen LogP contribution in [0.3, 0.4) is 0 Å². The first-order chi connectivity index (χ1) is 13.6. The number of methoxy groups -OCH3 is 2. The zero-order chi connectivity index (χ0) is 19.9. The Kier molecular flexibility index (Phi) is 6.29. The third-order valence-electron chi connectivity index (χ3n) is 4.29. The number of aromatic nitrogens is 1. The van der Waals surface area contributed by atoms with E-state index < -0.39 is 6.04 Å². The number of ether oxygens (including phenoxy) is 2. The molecule has 0 radical (unpaired) electrons. The molecule has 0 aliphatic heterocycles. The summed E-state index contributed by atoms with van der Waals surface area (Å²) in [4.78, 5) is 16.7. The van der Waals surface area contributed by atoms with Gasteiger partial charge in [-0.15, -0.1) is 0 Å². The van der Waals surface area contributed by atoms with Gasteiger partial charge in [0.05, 0.1) is 20.3 Å². The monoisotopic (exact) mass is 381 g/mol. The molecule has 3 N–H and O–H groups in total. The summed E-state index contributed by atoms with van der Waals surface area (Å²) >= 11 is 0. The maximum absolute atomic E-state index is 12.4. The molecular formula is C21H23N3O4. The molecule has 0 saturated carbocycles. The zero-order valence-electron chi connectivity index (χ0n) is 15.8. The smallest absolute Gasteiger partial charge is 0.273 e. The summed E-state index contributed by atoms with van der Waals surface area (Å²) in [5, 5.41) is 2.81. The highest BCUT2D eigenvalue weighted by molar-refractivity contribution is 5.91. The zero-order valence-corrected chi connectivity index (χ0v) is 15.8. The van der Waals surface area contributed by atoms with Crippen LogP contribution in [-0.2, 0) is 13.0 Å². The number of hydrogen-bond acceptors (Lipinski definition) is 6. The molecule has 0 bridgehead atoms. The van der Waals surface area contributed by atoms with Gasteiger partial charge in [0.2, 0.25) is 5.89 Å². The minimum Gasteiger partial charge on any atom is -0.493 e. The quantitative estimate of drug-likeness (QED) is 0.622. The summed E-state index contributed by atoms with van der Waals surface area (Å²) in [5.74, 6) is 1.15. The van der Waals surface area contributed by atoms with E-state index in [1.54, 1.807) is 20.3 Å². The third-order valence-corrected chi connectivity index (χ3v) is 4.29. The number of para-hydroxylation sites is 1. The van der Waals surface area contributed by atoms with Crippen molar-refractivity contribution in [2.24, 2.45) is 5.73 Å². The molecule has 0 aliphatic rings. The normalized spacial score (nSPS) is 11.7. The standard InChI is InChI=1S/C21H23N3O4/c1-26-18-10-6-9-15(19(18)27-2)12-23-20(25)17-13-28-21(24-17)16(22)11-14-7-4-3-5-8-14/h3-10,13,16H,11-12,22H2,1-2H3,(H,23,25). The van der Waals surface area contributed by atoms with Crippen molar-refractivity contribution < 1.29 is 18.7 Å². The first-order valence-corrected chi connectivity index (χ1v) is 8.85. The van der Waals surface area contributed by atoms with Crippen LogP contribution >= 0.6 is 0 Å². The SMILES string of the molecule is COc1cccc(CNC(=O)c2coc(C(N)Cc3ccccc3)n2)c1OC. The minimum atomic E-state index is -0.428. The second-order valence-electron chi connectivity index (χ2n) is 6.20. The number of carbonyl (C=O) groups excluding carboxylic acids is 1. The van der Waals surface area contributed by atoms with Gasteiger partial charge in [-0.3, -0.25) is 4.79 Å². The van der Waals surface area contributed by atoms with Crippen molar-refractivity contribution in [2.45, 2.75) is 19.0 Å². The molecule has 3 rings (SSSR count). The van der Waals surface area contributed by atoms with Crippen LogP contribution in [-0.4, -0.2) is 25.1 Å². The molecule has 0 aliphatic carbocycles. The van der Waals surface area contributed by atoms with Crippen LogP contribution in [0.1, 0.15) is 33.5 Å². The van der Waals surface area contributed by atoms with E-state index in [1.165, 1.54) is 6.26 Å². The number of nitrogens with zero attached hydrogens (tertiary/aromatic N) is 1. The lowest BCUT2D eigenvalue weighted by Gasteiger charge is -2.12. The first kappa shape index (κ1) is 19.4. The molecule has 3 aromatic rings. The number of rotatable bonds is 8. The molecule has 7 nitrogen and oxygen atoms in total. The Labute approximate surface area is 163 Å². The average molecular weight is 381 g/mol. The van der Waals surface area contributed by atoms with Crippen LogP contribution in [0, 0.1) is 0 Å². The van der Waals surface area contributed by atoms with E-state index in [9.17, 15) is 4.79 Å². The molecular weight excluding hydrogens is 358 g/mol. The second kappa shape index (κ2) is 9.05. The lowest BCUT2D eigenvalue weighted by Crippen LogP contribution is -2.24.